The highest BCUT2D eigenvalue weighted by Gasteiger charge is 1.85. The van der Waals surface area contributed by atoms with Crippen molar-refractivity contribution in [3.05, 3.63) is 48.5 Å². The van der Waals surface area contributed by atoms with Crippen molar-refractivity contribution < 1.29 is 10.2 Å². The van der Waals surface area contributed by atoms with Crippen LogP contribution < -0.4 is 0 Å². The van der Waals surface area contributed by atoms with Crippen molar-refractivity contribution in [1.82, 2.24) is 0 Å². The Balaban J connectivity index is 0.000000321. The summed E-state index contributed by atoms with van der Waals surface area (Å²) in [6, 6.07) is 16.7. The molecular formula is C14H20O2. The molecule has 0 atom stereocenters. The fourth-order valence-electron chi connectivity index (χ4n) is 1.13. The van der Waals surface area contributed by atoms with Crippen molar-refractivity contribution in [2.24, 2.45) is 0 Å². The molecule has 0 aliphatic rings. The normalized spacial score (nSPS) is 8.50. The Morgan fingerprint density at radius 2 is 0.875 bits per heavy atom. The van der Waals surface area contributed by atoms with Crippen LogP contribution in [-0.2, 0) is 0 Å². The van der Waals surface area contributed by atoms with Gasteiger partial charge in [0.2, 0.25) is 0 Å². The lowest BCUT2D eigenvalue weighted by atomic mass is 10.1. The first-order valence-electron chi connectivity index (χ1n) is 5.45. The molecule has 0 aromatic heterocycles. The molecule has 2 heteroatoms. The van der Waals surface area contributed by atoms with Gasteiger partial charge in [-0.1, -0.05) is 48.5 Å². The van der Waals surface area contributed by atoms with E-state index in [0.717, 1.165) is 0 Å². The number of hydrogen-bond acceptors (Lipinski definition) is 2. The molecule has 0 radical (unpaired) electrons. The topological polar surface area (TPSA) is 40.5 Å². The minimum Gasteiger partial charge on any atom is -0.397 e. The molecule has 2 aromatic carbocycles. The molecule has 2 rings (SSSR count). The standard InChI is InChI=1S/C10H8.2C2H6O/c1-2-6-10-8-4-3-7-9(10)5-1;2*1-2-3/h1-8H;2*3H,2H2,1H3. The Labute approximate surface area is 97.2 Å². The van der Waals surface area contributed by atoms with Gasteiger partial charge in [-0.25, -0.2) is 0 Å². The number of rotatable bonds is 0. The van der Waals surface area contributed by atoms with Crippen molar-refractivity contribution in [2.45, 2.75) is 13.8 Å². The van der Waals surface area contributed by atoms with Crippen LogP contribution in [-0.4, -0.2) is 23.4 Å². The summed E-state index contributed by atoms with van der Waals surface area (Å²) in [6.45, 7) is 3.86. The van der Waals surface area contributed by atoms with Gasteiger partial charge in [-0.05, 0) is 24.6 Å². The van der Waals surface area contributed by atoms with Gasteiger partial charge in [-0.15, -0.1) is 0 Å². The second kappa shape index (κ2) is 10.1. The molecule has 0 aliphatic heterocycles. The van der Waals surface area contributed by atoms with E-state index in [4.69, 9.17) is 10.2 Å². The van der Waals surface area contributed by atoms with Crippen molar-refractivity contribution >= 4 is 10.8 Å². The summed E-state index contributed by atoms with van der Waals surface area (Å²) in [6.07, 6.45) is 0. The molecule has 2 aromatic rings. The fourth-order valence-corrected chi connectivity index (χ4v) is 1.13. The Bertz CT molecular complexity index is 304. The highest BCUT2D eigenvalue weighted by molar-refractivity contribution is 5.81. The third-order valence-electron chi connectivity index (χ3n) is 1.66. The van der Waals surface area contributed by atoms with Crippen LogP contribution in [0.5, 0.6) is 0 Å². The van der Waals surface area contributed by atoms with E-state index < -0.39 is 0 Å². The SMILES string of the molecule is CCO.CCO.c1ccc2ccccc2c1. The molecule has 0 bridgehead atoms. The van der Waals surface area contributed by atoms with Gasteiger partial charge in [-0.2, -0.15) is 0 Å². The van der Waals surface area contributed by atoms with Crippen molar-refractivity contribution in [3.8, 4) is 0 Å². The maximum absolute atomic E-state index is 7.57. The Hall–Kier alpha value is -1.38. The zero-order valence-electron chi connectivity index (χ0n) is 9.93. The third-order valence-corrected chi connectivity index (χ3v) is 1.66. The van der Waals surface area contributed by atoms with Gasteiger partial charge in [0.25, 0.3) is 0 Å². The predicted octanol–water partition coefficient (Wildman–Crippen LogP) is 2.84. The minimum atomic E-state index is 0.250. The number of aliphatic hydroxyl groups is 2. The molecule has 0 saturated heterocycles. The number of aliphatic hydroxyl groups excluding tert-OH is 2. The van der Waals surface area contributed by atoms with Crippen molar-refractivity contribution in [1.29, 1.82) is 0 Å². The van der Waals surface area contributed by atoms with Crippen LogP contribution in [0.25, 0.3) is 10.8 Å². The summed E-state index contributed by atoms with van der Waals surface area (Å²) in [7, 11) is 0. The lowest BCUT2D eigenvalue weighted by molar-refractivity contribution is 0.318. The van der Waals surface area contributed by atoms with Gasteiger partial charge < -0.3 is 10.2 Å². The maximum atomic E-state index is 7.57. The van der Waals surface area contributed by atoms with E-state index in [-0.39, 0.29) is 13.2 Å². The first-order valence-corrected chi connectivity index (χ1v) is 5.45. The van der Waals surface area contributed by atoms with Crippen molar-refractivity contribution in [3.63, 3.8) is 0 Å². The summed E-state index contributed by atoms with van der Waals surface area (Å²) in [5.74, 6) is 0. The molecular weight excluding hydrogens is 200 g/mol. The Kier molecular flexibility index (Phi) is 9.27. The third kappa shape index (κ3) is 6.17. The van der Waals surface area contributed by atoms with Crippen LogP contribution in [0.15, 0.2) is 48.5 Å². The summed E-state index contributed by atoms with van der Waals surface area (Å²) < 4.78 is 0. The highest BCUT2D eigenvalue weighted by Crippen LogP contribution is 2.11. The van der Waals surface area contributed by atoms with E-state index in [1.165, 1.54) is 10.8 Å². The van der Waals surface area contributed by atoms with Gasteiger partial charge >= 0.3 is 0 Å². The van der Waals surface area contributed by atoms with E-state index in [1.54, 1.807) is 13.8 Å². The Morgan fingerprint density at radius 1 is 0.688 bits per heavy atom. The second-order valence-electron chi connectivity index (χ2n) is 2.98. The summed E-state index contributed by atoms with van der Waals surface area (Å²) in [5, 5.41) is 17.8. The first-order chi connectivity index (χ1) is 7.79. The van der Waals surface area contributed by atoms with Crippen LogP contribution in [0.3, 0.4) is 0 Å². The average Bonchev–Trinajstić information content (AvgIpc) is 2.31. The first kappa shape index (κ1) is 14.6. The lowest BCUT2D eigenvalue weighted by Crippen LogP contribution is -1.67. The molecule has 16 heavy (non-hydrogen) atoms. The molecule has 0 spiro atoms. The summed E-state index contributed by atoms with van der Waals surface area (Å²) >= 11 is 0. The highest BCUT2D eigenvalue weighted by atomic mass is 16.3. The van der Waals surface area contributed by atoms with E-state index in [9.17, 15) is 0 Å². The van der Waals surface area contributed by atoms with E-state index >= 15 is 0 Å². The maximum Gasteiger partial charge on any atom is 0.0402 e. The largest absolute Gasteiger partial charge is 0.397 e. The molecule has 2 N–H and O–H groups in total. The zero-order chi connectivity index (χ0) is 12.2. The van der Waals surface area contributed by atoms with Crippen LogP contribution in [0.1, 0.15) is 13.8 Å². The van der Waals surface area contributed by atoms with Gasteiger partial charge in [-0.3, -0.25) is 0 Å². The van der Waals surface area contributed by atoms with Crippen LogP contribution in [0, 0.1) is 0 Å². The molecule has 0 heterocycles. The van der Waals surface area contributed by atoms with Crippen LogP contribution in [0.4, 0.5) is 0 Å². The number of hydrogen-bond donors (Lipinski definition) is 2. The molecule has 0 aliphatic carbocycles. The average molecular weight is 220 g/mol. The van der Waals surface area contributed by atoms with Crippen LogP contribution >= 0.6 is 0 Å². The molecule has 0 saturated carbocycles. The van der Waals surface area contributed by atoms with E-state index in [0.29, 0.717) is 0 Å². The molecule has 2 nitrogen and oxygen atoms in total. The molecule has 0 unspecified atom stereocenters. The van der Waals surface area contributed by atoms with Gasteiger partial charge in [0.15, 0.2) is 0 Å². The molecule has 0 amide bonds. The molecule has 0 fully saturated rings. The molecule has 88 valence electrons. The van der Waals surface area contributed by atoms with Gasteiger partial charge in [0, 0.05) is 13.2 Å². The second-order valence-corrected chi connectivity index (χ2v) is 2.98. The lowest BCUT2D eigenvalue weighted by Gasteiger charge is -1.92. The zero-order valence-corrected chi connectivity index (χ0v) is 9.93. The van der Waals surface area contributed by atoms with Gasteiger partial charge in [0.1, 0.15) is 0 Å². The summed E-state index contributed by atoms with van der Waals surface area (Å²) in [4.78, 5) is 0. The Morgan fingerprint density at radius 3 is 1.06 bits per heavy atom. The minimum absolute atomic E-state index is 0.250. The number of benzene rings is 2. The number of fused-ring (bicyclic) bond motifs is 1. The monoisotopic (exact) mass is 220 g/mol. The van der Waals surface area contributed by atoms with E-state index in [2.05, 4.69) is 48.5 Å². The van der Waals surface area contributed by atoms with Crippen LogP contribution in [0.2, 0.25) is 0 Å². The van der Waals surface area contributed by atoms with E-state index in [1.807, 2.05) is 0 Å². The fraction of sp³-hybridized carbons (Fsp3) is 0.286. The smallest absolute Gasteiger partial charge is 0.0402 e. The van der Waals surface area contributed by atoms with Gasteiger partial charge in [0.05, 0.1) is 0 Å². The summed E-state index contributed by atoms with van der Waals surface area (Å²) in [5.41, 5.74) is 0. The van der Waals surface area contributed by atoms with Crippen molar-refractivity contribution in [2.75, 3.05) is 13.2 Å². The quantitative estimate of drug-likeness (QED) is 0.716. The predicted molar refractivity (Wildman–Crippen MR) is 69.5 cm³/mol.